The van der Waals surface area contributed by atoms with Gasteiger partial charge in [0.15, 0.2) is 0 Å². The van der Waals surface area contributed by atoms with E-state index in [1.807, 2.05) is 6.92 Å². The van der Waals surface area contributed by atoms with Crippen LogP contribution in [-0.2, 0) is 16.6 Å². The number of carbonyl (C=O) groups is 1. The summed E-state index contributed by atoms with van der Waals surface area (Å²) in [5, 5.41) is 0.389. The predicted octanol–water partition coefficient (Wildman–Crippen LogP) is 3.12. The molecule has 1 fully saturated rings. The van der Waals surface area contributed by atoms with Crippen molar-refractivity contribution in [3.63, 3.8) is 0 Å². The second-order valence-corrected chi connectivity index (χ2v) is 9.38. The van der Waals surface area contributed by atoms with Crippen LogP contribution in [0.1, 0.15) is 21.5 Å². The first-order chi connectivity index (χ1) is 13.6. The van der Waals surface area contributed by atoms with Crippen molar-refractivity contribution in [2.45, 2.75) is 13.5 Å². The molecule has 0 aromatic heterocycles. The molecule has 1 aliphatic heterocycles. The SMILES string of the molecule is Cc1ccc(NS(C)(=O)=O)c(C(=O)N2CCN(Cc3ccc(F)cc3Cl)CC2)c1. The van der Waals surface area contributed by atoms with Crippen molar-refractivity contribution in [1.29, 1.82) is 0 Å². The van der Waals surface area contributed by atoms with Gasteiger partial charge >= 0.3 is 0 Å². The maximum Gasteiger partial charge on any atom is 0.256 e. The third kappa shape index (κ3) is 5.68. The normalized spacial score (nSPS) is 15.4. The molecule has 0 radical (unpaired) electrons. The molecule has 0 bridgehead atoms. The lowest BCUT2D eigenvalue weighted by Gasteiger charge is -2.35. The van der Waals surface area contributed by atoms with Crippen LogP contribution in [0.4, 0.5) is 10.1 Å². The lowest BCUT2D eigenvalue weighted by molar-refractivity contribution is 0.0629. The quantitative estimate of drug-likeness (QED) is 0.777. The Morgan fingerprint density at radius 3 is 2.45 bits per heavy atom. The Labute approximate surface area is 175 Å². The zero-order valence-electron chi connectivity index (χ0n) is 16.3. The number of rotatable bonds is 5. The summed E-state index contributed by atoms with van der Waals surface area (Å²) in [6.07, 6.45) is 1.06. The second-order valence-electron chi connectivity index (χ2n) is 7.23. The molecule has 29 heavy (non-hydrogen) atoms. The first kappa shape index (κ1) is 21.5. The van der Waals surface area contributed by atoms with Gasteiger partial charge in [-0.2, -0.15) is 0 Å². The van der Waals surface area contributed by atoms with Crippen LogP contribution < -0.4 is 4.72 Å². The highest BCUT2D eigenvalue weighted by molar-refractivity contribution is 7.92. The summed E-state index contributed by atoms with van der Waals surface area (Å²) in [5.41, 5.74) is 2.33. The Balaban J connectivity index is 1.68. The van der Waals surface area contributed by atoms with Gasteiger partial charge in [0.05, 0.1) is 17.5 Å². The van der Waals surface area contributed by atoms with Gasteiger partial charge in [-0.25, -0.2) is 12.8 Å². The van der Waals surface area contributed by atoms with E-state index >= 15 is 0 Å². The smallest absolute Gasteiger partial charge is 0.256 e. The van der Waals surface area contributed by atoms with E-state index in [0.29, 0.717) is 43.3 Å². The Morgan fingerprint density at radius 2 is 1.83 bits per heavy atom. The van der Waals surface area contributed by atoms with Crippen molar-refractivity contribution in [3.05, 3.63) is 63.9 Å². The standard InChI is InChI=1S/C20H23ClFN3O3S/c1-14-3-6-19(23-29(2,27)28)17(11-14)20(26)25-9-7-24(8-10-25)13-15-4-5-16(22)12-18(15)21/h3-6,11-12,23H,7-10,13H2,1-2H3. The molecular weight excluding hydrogens is 417 g/mol. The molecular formula is C20H23ClFN3O3S. The Morgan fingerprint density at radius 1 is 1.14 bits per heavy atom. The molecule has 1 aliphatic rings. The van der Waals surface area contributed by atoms with E-state index in [2.05, 4.69) is 9.62 Å². The van der Waals surface area contributed by atoms with Crippen molar-refractivity contribution in [3.8, 4) is 0 Å². The average Bonchev–Trinajstić information content (AvgIpc) is 2.64. The summed E-state index contributed by atoms with van der Waals surface area (Å²) < 4.78 is 38.9. The Kier molecular flexibility index (Phi) is 6.45. The fourth-order valence-electron chi connectivity index (χ4n) is 3.29. The number of hydrogen-bond donors (Lipinski definition) is 1. The molecule has 1 N–H and O–H groups in total. The van der Waals surface area contributed by atoms with Crippen molar-refractivity contribution in [1.82, 2.24) is 9.80 Å². The summed E-state index contributed by atoms with van der Waals surface area (Å²) in [6.45, 7) is 4.71. The molecule has 1 heterocycles. The average molecular weight is 440 g/mol. The lowest BCUT2D eigenvalue weighted by atomic mass is 10.1. The van der Waals surface area contributed by atoms with Gasteiger partial charge in [-0.05, 0) is 36.8 Å². The molecule has 1 amide bonds. The van der Waals surface area contributed by atoms with Crippen LogP contribution in [0.5, 0.6) is 0 Å². The molecule has 2 aromatic carbocycles. The number of hydrogen-bond acceptors (Lipinski definition) is 4. The summed E-state index contributed by atoms with van der Waals surface area (Å²) in [4.78, 5) is 16.9. The molecule has 0 aliphatic carbocycles. The van der Waals surface area contributed by atoms with Crippen molar-refractivity contribution in [2.75, 3.05) is 37.2 Å². The van der Waals surface area contributed by atoms with Crippen molar-refractivity contribution < 1.29 is 17.6 Å². The summed E-state index contributed by atoms with van der Waals surface area (Å²) in [5.74, 6) is -0.579. The van der Waals surface area contributed by atoms with Crippen LogP contribution >= 0.6 is 11.6 Å². The summed E-state index contributed by atoms with van der Waals surface area (Å²) in [6, 6.07) is 9.41. The van der Waals surface area contributed by atoms with Crippen LogP contribution in [0.2, 0.25) is 5.02 Å². The molecule has 0 spiro atoms. The zero-order chi connectivity index (χ0) is 21.2. The van der Waals surface area contributed by atoms with E-state index in [-0.39, 0.29) is 17.4 Å². The maximum atomic E-state index is 13.2. The Bertz CT molecular complexity index is 1020. The van der Waals surface area contributed by atoms with Crippen molar-refractivity contribution in [2.24, 2.45) is 0 Å². The molecule has 0 saturated carbocycles. The second kappa shape index (κ2) is 8.69. The van der Waals surface area contributed by atoms with Gasteiger partial charge in [-0.3, -0.25) is 14.4 Å². The van der Waals surface area contributed by atoms with Gasteiger partial charge in [0.25, 0.3) is 5.91 Å². The van der Waals surface area contributed by atoms with Crippen molar-refractivity contribution >= 4 is 33.2 Å². The van der Waals surface area contributed by atoms with E-state index in [9.17, 15) is 17.6 Å². The van der Waals surface area contributed by atoms with Crippen LogP contribution in [0.3, 0.4) is 0 Å². The number of benzene rings is 2. The summed E-state index contributed by atoms with van der Waals surface area (Å²) in [7, 11) is -3.50. The van der Waals surface area contributed by atoms with Gasteiger partial charge in [0.1, 0.15) is 5.82 Å². The van der Waals surface area contributed by atoms with Gasteiger partial charge in [-0.1, -0.05) is 29.3 Å². The topological polar surface area (TPSA) is 69.7 Å². The third-order valence-electron chi connectivity index (χ3n) is 4.77. The number of nitrogens with one attached hydrogen (secondary N) is 1. The number of amides is 1. The molecule has 9 heteroatoms. The minimum atomic E-state index is -3.50. The zero-order valence-corrected chi connectivity index (χ0v) is 17.9. The van der Waals surface area contributed by atoms with Crippen LogP contribution in [0, 0.1) is 12.7 Å². The van der Waals surface area contributed by atoms with E-state index in [0.717, 1.165) is 17.4 Å². The Hall–Kier alpha value is -2.16. The molecule has 1 saturated heterocycles. The number of aryl methyl sites for hydroxylation is 1. The number of anilines is 1. The van der Waals surface area contributed by atoms with Crippen LogP contribution in [0.15, 0.2) is 36.4 Å². The predicted molar refractivity (Wildman–Crippen MR) is 112 cm³/mol. The van der Waals surface area contributed by atoms with Gasteiger partial charge in [0, 0.05) is 37.7 Å². The number of piperazine rings is 1. The highest BCUT2D eigenvalue weighted by atomic mass is 35.5. The number of sulfonamides is 1. The van der Waals surface area contributed by atoms with Gasteiger partial charge in [0.2, 0.25) is 10.0 Å². The summed E-state index contributed by atoms with van der Waals surface area (Å²) >= 11 is 6.11. The molecule has 2 aromatic rings. The molecule has 0 unspecified atom stereocenters. The molecule has 3 rings (SSSR count). The minimum absolute atomic E-state index is 0.209. The fraction of sp³-hybridized carbons (Fsp3) is 0.350. The number of nitrogens with zero attached hydrogens (tertiary/aromatic N) is 2. The first-order valence-corrected chi connectivity index (χ1v) is 11.4. The molecule has 156 valence electrons. The van der Waals surface area contributed by atoms with E-state index < -0.39 is 10.0 Å². The fourth-order valence-corrected chi connectivity index (χ4v) is 4.10. The van der Waals surface area contributed by atoms with E-state index in [4.69, 9.17) is 11.6 Å². The van der Waals surface area contributed by atoms with Crippen LogP contribution in [-0.4, -0.2) is 56.6 Å². The highest BCUT2D eigenvalue weighted by Gasteiger charge is 2.25. The van der Waals surface area contributed by atoms with Gasteiger partial charge < -0.3 is 4.90 Å². The third-order valence-corrected chi connectivity index (χ3v) is 5.71. The largest absolute Gasteiger partial charge is 0.336 e. The van der Waals surface area contributed by atoms with Gasteiger partial charge in [-0.15, -0.1) is 0 Å². The monoisotopic (exact) mass is 439 g/mol. The van der Waals surface area contributed by atoms with E-state index in [1.165, 1.54) is 12.1 Å². The minimum Gasteiger partial charge on any atom is -0.336 e. The molecule has 6 nitrogen and oxygen atoms in total. The number of halogens is 2. The maximum absolute atomic E-state index is 13.2. The number of carbonyl (C=O) groups excluding carboxylic acids is 1. The molecule has 0 atom stereocenters. The first-order valence-electron chi connectivity index (χ1n) is 9.16. The van der Waals surface area contributed by atoms with Crippen LogP contribution in [0.25, 0.3) is 0 Å². The highest BCUT2D eigenvalue weighted by Crippen LogP contribution is 2.23. The lowest BCUT2D eigenvalue weighted by Crippen LogP contribution is -2.48. The van der Waals surface area contributed by atoms with E-state index in [1.54, 1.807) is 29.2 Å².